The first-order valence-electron chi connectivity index (χ1n) is 5.80. The average Bonchev–Trinajstić information content (AvgIpc) is 2.85. The number of hydrogen-bond acceptors (Lipinski definition) is 4. The van der Waals surface area contributed by atoms with E-state index in [-0.39, 0.29) is 18.2 Å². The summed E-state index contributed by atoms with van der Waals surface area (Å²) in [5.74, 6) is -0.252. The predicted octanol–water partition coefficient (Wildman–Crippen LogP) is 2.45. The van der Waals surface area contributed by atoms with Crippen molar-refractivity contribution in [2.24, 2.45) is 5.73 Å². The zero-order valence-corrected chi connectivity index (χ0v) is 11.3. The van der Waals surface area contributed by atoms with E-state index in [1.165, 1.54) is 11.3 Å². The summed E-state index contributed by atoms with van der Waals surface area (Å²) in [6.45, 7) is 1.88. The van der Waals surface area contributed by atoms with E-state index in [0.29, 0.717) is 16.1 Å². The summed E-state index contributed by atoms with van der Waals surface area (Å²) in [6, 6.07) is 8.62. The van der Waals surface area contributed by atoms with Gasteiger partial charge in [-0.15, -0.1) is 11.3 Å². The molecule has 0 atom stereocenters. The highest BCUT2D eigenvalue weighted by Crippen LogP contribution is 2.18. The van der Waals surface area contributed by atoms with E-state index in [2.05, 4.69) is 5.32 Å². The van der Waals surface area contributed by atoms with Crippen LogP contribution in [0.4, 0.5) is 5.69 Å². The highest BCUT2D eigenvalue weighted by Gasteiger charge is 2.10. The van der Waals surface area contributed by atoms with E-state index in [1.807, 2.05) is 18.4 Å². The molecular formula is C14H14N2O2S. The molecule has 1 heterocycles. The van der Waals surface area contributed by atoms with Crippen molar-refractivity contribution in [1.82, 2.24) is 0 Å². The molecule has 5 heteroatoms. The van der Waals surface area contributed by atoms with Crippen LogP contribution in [0, 0.1) is 6.92 Å². The lowest BCUT2D eigenvalue weighted by atomic mass is 10.1. The highest BCUT2D eigenvalue weighted by molar-refractivity contribution is 7.12. The van der Waals surface area contributed by atoms with E-state index < -0.39 is 0 Å². The summed E-state index contributed by atoms with van der Waals surface area (Å²) >= 11 is 1.41. The summed E-state index contributed by atoms with van der Waals surface area (Å²) in [7, 11) is 0. The largest absolute Gasteiger partial charge is 0.324 e. The van der Waals surface area contributed by atoms with Crippen molar-refractivity contribution in [3.05, 3.63) is 51.7 Å². The van der Waals surface area contributed by atoms with Gasteiger partial charge >= 0.3 is 0 Å². The van der Waals surface area contributed by atoms with Crippen LogP contribution >= 0.6 is 11.3 Å². The normalized spacial score (nSPS) is 10.2. The smallest absolute Gasteiger partial charge is 0.265 e. The van der Waals surface area contributed by atoms with Gasteiger partial charge in [-0.2, -0.15) is 0 Å². The lowest BCUT2D eigenvalue weighted by Crippen LogP contribution is -2.14. The molecule has 19 heavy (non-hydrogen) atoms. The Labute approximate surface area is 115 Å². The van der Waals surface area contributed by atoms with Crippen LogP contribution in [0.2, 0.25) is 0 Å². The van der Waals surface area contributed by atoms with Crippen LogP contribution in [0.1, 0.15) is 25.6 Å². The maximum absolute atomic E-state index is 12.0. The second-order valence-corrected chi connectivity index (χ2v) is 5.01. The van der Waals surface area contributed by atoms with Crippen molar-refractivity contribution >= 4 is 28.7 Å². The molecule has 2 rings (SSSR count). The predicted molar refractivity (Wildman–Crippen MR) is 76.8 cm³/mol. The Balaban J connectivity index is 2.10. The number of nitrogens with one attached hydrogen (secondary N) is 1. The van der Waals surface area contributed by atoms with Gasteiger partial charge in [0.15, 0.2) is 5.78 Å². The molecule has 1 amide bonds. The minimum atomic E-state index is -0.134. The lowest BCUT2D eigenvalue weighted by Gasteiger charge is -2.05. The van der Waals surface area contributed by atoms with Gasteiger partial charge in [0, 0.05) is 11.3 Å². The number of carbonyl (C=O) groups excluding carboxylic acids is 2. The van der Waals surface area contributed by atoms with Crippen molar-refractivity contribution < 1.29 is 9.59 Å². The quantitative estimate of drug-likeness (QED) is 0.841. The fourth-order valence-electron chi connectivity index (χ4n) is 1.65. The molecular weight excluding hydrogens is 260 g/mol. The molecule has 0 aliphatic carbocycles. The maximum atomic E-state index is 12.0. The van der Waals surface area contributed by atoms with Crippen LogP contribution in [-0.4, -0.2) is 18.2 Å². The third-order valence-corrected chi connectivity index (χ3v) is 3.73. The lowest BCUT2D eigenvalue weighted by molar-refractivity contribution is 0.0999. The van der Waals surface area contributed by atoms with Crippen LogP contribution in [-0.2, 0) is 0 Å². The third kappa shape index (κ3) is 3.07. The molecule has 0 spiro atoms. The molecule has 1 aromatic carbocycles. The summed E-state index contributed by atoms with van der Waals surface area (Å²) in [5, 5.41) is 4.68. The number of thiophene rings is 1. The topological polar surface area (TPSA) is 72.2 Å². The van der Waals surface area contributed by atoms with E-state index in [4.69, 9.17) is 5.73 Å². The number of anilines is 1. The molecule has 0 bridgehead atoms. The number of Topliss-reactive ketones (excluding diaryl/α,β-unsaturated/α-hetero) is 1. The zero-order chi connectivity index (χ0) is 13.8. The first-order valence-corrected chi connectivity index (χ1v) is 6.68. The van der Waals surface area contributed by atoms with Gasteiger partial charge in [-0.05, 0) is 48.2 Å². The number of rotatable bonds is 4. The molecule has 0 aliphatic rings. The summed E-state index contributed by atoms with van der Waals surface area (Å²) in [6.07, 6.45) is 0. The standard InChI is InChI=1S/C14H14N2O2S/c1-9-6-7-19-13(9)14(18)16-11-4-2-10(3-5-11)12(17)8-15/h2-7H,8,15H2,1H3,(H,16,18). The first-order chi connectivity index (χ1) is 9.11. The van der Waals surface area contributed by atoms with Crippen molar-refractivity contribution in [3.8, 4) is 0 Å². The minimum Gasteiger partial charge on any atom is -0.324 e. The van der Waals surface area contributed by atoms with E-state index in [9.17, 15) is 9.59 Å². The van der Waals surface area contributed by atoms with E-state index >= 15 is 0 Å². The van der Waals surface area contributed by atoms with Crippen molar-refractivity contribution in [1.29, 1.82) is 0 Å². The Morgan fingerprint density at radius 3 is 2.42 bits per heavy atom. The summed E-state index contributed by atoms with van der Waals surface area (Å²) in [5.41, 5.74) is 7.45. The number of aryl methyl sites for hydroxylation is 1. The SMILES string of the molecule is Cc1ccsc1C(=O)Nc1ccc(C(=O)CN)cc1. The molecule has 0 saturated carbocycles. The molecule has 0 aliphatic heterocycles. The van der Waals surface area contributed by atoms with Crippen molar-refractivity contribution in [2.75, 3.05) is 11.9 Å². The van der Waals surface area contributed by atoms with Crippen LogP contribution in [0.15, 0.2) is 35.7 Å². The molecule has 4 nitrogen and oxygen atoms in total. The Morgan fingerprint density at radius 2 is 1.89 bits per heavy atom. The van der Waals surface area contributed by atoms with Gasteiger partial charge in [-0.25, -0.2) is 0 Å². The van der Waals surface area contributed by atoms with Crippen LogP contribution in [0.5, 0.6) is 0 Å². The van der Waals surface area contributed by atoms with Gasteiger partial charge in [-0.1, -0.05) is 0 Å². The van der Waals surface area contributed by atoms with Crippen LogP contribution < -0.4 is 11.1 Å². The van der Waals surface area contributed by atoms with Crippen LogP contribution in [0.25, 0.3) is 0 Å². The Morgan fingerprint density at radius 1 is 1.21 bits per heavy atom. The molecule has 0 unspecified atom stereocenters. The number of benzene rings is 1. The monoisotopic (exact) mass is 274 g/mol. The second-order valence-electron chi connectivity index (χ2n) is 4.09. The number of amides is 1. The summed E-state index contributed by atoms with van der Waals surface area (Å²) < 4.78 is 0. The van der Waals surface area contributed by atoms with Crippen LogP contribution in [0.3, 0.4) is 0 Å². The number of carbonyl (C=O) groups is 2. The maximum Gasteiger partial charge on any atom is 0.265 e. The molecule has 3 N–H and O–H groups in total. The van der Waals surface area contributed by atoms with Gasteiger partial charge in [0.25, 0.3) is 5.91 Å². The fraction of sp³-hybridized carbons (Fsp3) is 0.143. The Kier molecular flexibility index (Phi) is 4.09. The fourth-order valence-corrected chi connectivity index (χ4v) is 2.47. The van der Waals surface area contributed by atoms with E-state index in [1.54, 1.807) is 24.3 Å². The van der Waals surface area contributed by atoms with Gasteiger partial charge in [0.05, 0.1) is 11.4 Å². The van der Waals surface area contributed by atoms with Crippen molar-refractivity contribution in [2.45, 2.75) is 6.92 Å². The molecule has 98 valence electrons. The van der Waals surface area contributed by atoms with Gasteiger partial charge in [0.1, 0.15) is 0 Å². The van der Waals surface area contributed by atoms with Gasteiger partial charge in [0.2, 0.25) is 0 Å². The van der Waals surface area contributed by atoms with Gasteiger partial charge < -0.3 is 11.1 Å². The first kappa shape index (κ1) is 13.5. The third-order valence-electron chi connectivity index (χ3n) is 2.72. The summed E-state index contributed by atoms with van der Waals surface area (Å²) in [4.78, 5) is 24.0. The number of ketones is 1. The van der Waals surface area contributed by atoms with Gasteiger partial charge in [-0.3, -0.25) is 9.59 Å². The zero-order valence-electron chi connectivity index (χ0n) is 10.5. The minimum absolute atomic E-state index is 0.0138. The Hall–Kier alpha value is -1.98. The molecule has 1 aromatic heterocycles. The number of hydrogen-bond donors (Lipinski definition) is 2. The Bertz CT molecular complexity index is 602. The second kappa shape index (κ2) is 5.77. The average molecular weight is 274 g/mol. The molecule has 0 fully saturated rings. The molecule has 2 aromatic rings. The molecule has 0 saturated heterocycles. The molecule has 0 radical (unpaired) electrons. The number of nitrogens with two attached hydrogens (primary N) is 1. The highest BCUT2D eigenvalue weighted by atomic mass is 32.1. The van der Waals surface area contributed by atoms with E-state index in [0.717, 1.165) is 5.56 Å². The van der Waals surface area contributed by atoms with Crippen molar-refractivity contribution in [3.63, 3.8) is 0 Å².